The van der Waals surface area contributed by atoms with Gasteiger partial charge in [0.15, 0.2) is 12.0 Å². The van der Waals surface area contributed by atoms with Crippen molar-refractivity contribution in [2.45, 2.75) is 30.6 Å². The number of carbonyl (C=O) groups excluding carboxylic acids is 1. The van der Waals surface area contributed by atoms with Crippen molar-refractivity contribution in [2.24, 2.45) is 0 Å². The van der Waals surface area contributed by atoms with E-state index in [0.717, 1.165) is 0 Å². The number of ether oxygens (including phenoxy) is 1. The predicted molar refractivity (Wildman–Crippen MR) is 88.5 cm³/mol. The number of amides is 1. The highest BCUT2D eigenvalue weighted by molar-refractivity contribution is 5.91. The molecule has 3 rings (SSSR count). The lowest BCUT2D eigenvalue weighted by Gasteiger charge is -2.40. The molecule has 9 nitrogen and oxygen atoms in total. The number of rotatable bonds is 5. The van der Waals surface area contributed by atoms with Crippen molar-refractivity contribution in [3.05, 3.63) is 48.0 Å². The summed E-state index contributed by atoms with van der Waals surface area (Å²) in [5.41, 5.74) is 5.06. The van der Waals surface area contributed by atoms with Gasteiger partial charge >= 0.3 is 5.91 Å². The molecule has 1 aliphatic heterocycles. The molecule has 1 saturated heterocycles. The number of carbonyl (C=O) groups is 1. The number of aliphatic hydroxyl groups excluding tert-OH is 4. The fourth-order valence-electron chi connectivity index (χ4n) is 2.68. The molecule has 1 aliphatic rings. The molecule has 5 atom stereocenters. The number of hydrazine groups is 1. The molecule has 1 amide bonds. The first kappa shape index (κ1) is 19.4. The second kappa shape index (κ2) is 8.13. The first-order valence-electron chi connectivity index (χ1n) is 8.13. The number of furan rings is 1. The van der Waals surface area contributed by atoms with E-state index in [1.54, 1.807) is 6.07 Å². The third-order valence-electron chi connectivity index (χ3n) is 4.16. The largest absolute Gasteiger partial charge is 0.451 e. The van der Waals surface area contributed by atoms with E-state index >= 15 is 0 Å². The molecule has 2 aromatic rings. The number of hydrogen-bond donors (Lipinski definition) is 6. The van der Waals surface area contributed by atoms with Crippen molar-refractivity contribution in [1.82, 2.24) is 10.9 Å². The molecule has 1 aromatic heterocycles. The Bertz CT molecular complexity index is 797. The molecule has 6 N–H and O–H groups in total. The summed E-state index contributed by atoms with van der Waals surface area (Å²) in [5.74, 6) is -0.965. The minimum atomic E-state index is -1.58. The molecule has 27 heavy (non-hydrogen) atoms. The summed E-state index contributed by atoms with van der Waals surface area (Å²) in [7, 11) is 0. The van der Waals surface area contributed by atoms with Crippen LogP contribution in [0.3, 0.4) is 0 Å². The Morgan fingerprint density at radius 2 is 1.89 bits per heavy atom. The van der Waals surface area contributed by atoms with Gasteiger partial charge in [-0.25, -0.2) is 9.82 Å². The van der Waals surface area contributed by atoms with Crippen molar-refractivity contribution in [2.75, 3.05) is 6.61 Å². The van der Waals surface area contributed by atoms with Crippen LogP contribution >= 0.6 is 0 Å². The second-order valence-electron chi connectivity index (χ2n) is 6.02. The van der Waals surface area contributed by atoms with E-state index in [4.69, 9.17) is 14.3 Å². The number of aliphatic hydroxyl groups is 4. The smallest absolute Gasteiger partial charge is 0.301 e. The molecule has 146 valence electrons. The van der Waals surface area contributed by atoms with Crippen LogP contribution in [0.15, 0.2) is 40.8 Å². The first-order valence-corrected chi connectivity index (χ1v) is 8.13. The van der Waals surface area contributed by atoms with Gasteiger partial charge in [-0.3, -0.25) is 10.2 Å². The lowest BCUT2D eigenvalue weighted by Crippen LogP contribution is -2.64. The van der Waals surface area contributed by atoms with Gasteiger partial charge in [-0.1, -0.05) is 12.1 Å². The Hall–Kier alpha value is -2.34. The van der Waals surface area contributed by atoms with Gasteiger partial charge in [0.2, 0.25) is 0 Å². The lowest BCUT2D eigenvalue weighted by atomic mass is 9.99. The fraction of sp³-hybridized carbons (Fsp3) is 0.353. The molecule has 0 bridgehead atoms. The number of benzene rings is 1. The summed E-state index contributed by atoms with van der Waals surface area (Å²) in [6.07, 6.45) is -7.02. The molecule has 0 unspecified atom stereocenters. The molecule has 1 fully saturated rings. The predicted octanol–water partition coefficient (Wildman–Crippen LogP) is -0.880. The second-order valence-corrected chi connectivity index (χ2v) is 6.02. The number of hydrogen-bond acceptors (Lipinski definition) is 8. The van der Waals surface area contributed by atoms with E-state index in [0.29, 0.717) is 5.56 Å². The van der Waals surface area contributed by atoms with E-state index in [9.17, 15) is 24.5 Å². The van der Waals surface area contributed by atoms with Crippen molar-refractivity contribution in [3.8, 4) is 11.3 Å². The highest BCUT2D eigenvalue weighted by Gasteiger charge is 2.43. The minimum Gasteiger partial charge on any atom is -0.451 e. The lowest BCUT2D eigenvalue weighted by molar-refractivity contribution is -0.238. The number of halogens is 1. The SMILES string of the molecule is O=C(NN[C@@H]1O[C@H](CO)[C@@H](O)[C@H](O)[C@H]1O)c1ccc(-c2cccc(F)c2)o1. The van der Waals surface area contributed by atoms with Crippen LogP contribution in [0.25, 0.3) is 11.3 Å². The maximum atomic E-state index is 13.3. The summed E-state index contributed by atoms with van der Waals surface area (Å²) in [4.78, 5) is 12.2. The molecular formula is C17H19FN2O7. The standard InChI is InChI=1S/C17H19FN2O7/c18-9-3-1-2-8(6-9)10-4-5-11(26-10)16(25)19-20-17-15(24)14(23)13(22)12(7-21)27-17/h1-6,12-15,17,20-24H,7H2,(H,19,25)/t12-,13-,14+,15-,17-/m1/s1. The number of nitrogens with one attached hydrogen (secondary N) is 2. The fourth-order valence-corrected chi connectivity index (χ4v) is 2.68. The Balaban J connectivity index is 1.63. The maximum absolute atomic E-state index is 13.3. The highest BCUT2D eigenvalue weighted by atomic mass is 19.1. The summed E-state index contributed by atoms with van der Waals surface area (Å²) < 4.78 is 23.9. The van der Waals surface area contributed by atoms with Crippen LogP contribution in [-0.4, -0.2) is 63.6 Å². The van der Waals surface area contributed by atoms with Gasteiger partial charge in [0, 0.05) is 5.56 Å². The normalized spacial score (nSPS) is 28.1. The van der Waals surface area contributed by atoms with E-state index in [1.165, 1.54) is 30.3 Å². The summed E-state index contributed by atoms with van der Waals surface area (Å²) in [5, 5.41) is 38.4. The van der Waals surface area contributed by atoms with Gasteiger partial charge in [0.05, 0.1) is 6.61 Å². The van der Waals surface area contributed by atoms with Crippen molar-refractivity contribution in [1.29, 1.82) is 0 Å². The van der Waals surface area contributed by atoms with Crippen LogP contribution < -0.4 is 10.9 Å². The quantitative estimate of drug-likeness (QED) is 0.366. The van der Waals surface area contributed by atoms with Gasteiger partial charge in [0.1, 0.15) is 36.0 Å². The third-order valence-corrected chi connectivity index (χ3v) is 4.16. The van der Waals surface area contributed by atoms with E-state index in [1.807, 2.05) is 0 Å². The molecule has 2 heterocycles. The average Bonchev–Trinajstić information content (AvgIpc) is 3.16. The molecule has 1 aromatic carbocycles. The molecule has 10 heteroatoms. The van der Waals surface area contributed by atoms with E-state index < -0.39 is 49.0 Å². The molecule has 0 saturated carbocycles. The monoisotopic (exact) mass is 382 g/mol. The summed E-state index contributed by atoms with van der Waals surface area (Å²) >= 11 is 0. The molecule has 0 radical (unpaired) electrons. The Labute approximate surface area is 153 Å². The van der Waals surface area contributed by atoms with Crippen LogP contribution in [0.4, 0.5) is 4.39 Å². The van der Waals surface area contributed by atoms with E-state index in [-0.39, 0.29) is 11.5 Å². The topological polar surface area (TPSA) is 144 Å². The molecule has 0 aliphatic carbocycles. The maximum Gasteiger partial charge on any atom is 0.301 e. The molecular weight excluding hydrogens is 363 g/mol. The van der Waals surface area contributed by atoms with Gasteiger partial charge in [-0.2, -0.15) is 0 Å². The minimum absolute atomic E-state index is 0.0913. The average molecular weight is 382 g/mol. The van der Waals surface area contributed by atoms with Crippen LogP contribution in [0, 0.1) is 5.82 Å². The Morgan fingerprint density at radius 3 is 2.59 bits per heavy atom. The zero-order chi connectivity index (χ0) is 19.6. The zero-order valence-electron chi connectivity index (χ0n) is 13.9. The van der Waals surface area contributed by atoms with Gasteiger partial charge in [0.25, 0.3) is 0 Å². The van der Waals surface area contributed by atoms with Crippen molar-refractivity contribution in [3.63, 3.8) is 0 Å². The third kappa shape index (κ3) is 4.16. The van der Waals surface area contributed by atoms with Crippen LogP contribution in [-0.2, 0) is 4.74 Å². The Kier molecular flexibility index (Phi) is 5.85. The van der Waals surface area contributed by atoms with Crippen molar-refractivity contribution < 1.29 is 38.8 Å². The molecule has 0 spiro atoms. The van der Waals surface area contributed by atoms with E-state index in [2.05, 4.69) is 10.9 Å². The van der Waals surface area contributed by atoms with Crippen LogP contribution in [0.2, 0.25) is 0 Å². The Morgan fingerprint density at radius 1 is 1.11 bits per heavy atom. The van der Waals surface area contributed by atoms with Gasteiger partial charge in [-0.15, -0.1) is 0 Å². The van der Waals surface area contributed by atoms with Gasteiger partial charge in [-0.05, 0) is 24.3 Å². The van der Waals surface area contributed by atoms with Gasteiger partial charge < -0.3 is 29.6 Å². The van der Waals surface area contributed by atoms with Crippen LogP contribution in [0.1, 0.15) is 10.6 Å². The zero-order valence-corrected chi connectivity index (χ0v) is 13.9. The summed E-state index contributed by atoms with van der Waals surface area (Å²) in [6.45, 7) is -0.591. The summed E-state index contributed by atoms with van der Waals surface area (Å²) in [6, 6.07) is 8.54. The first-order chi connectivity index (χ1) is 12.9. The van der Waals surface area contributed by atoms with Crippen molar-refractivity contribution >= 4 is 5.91 Å². The van der Waals surface area contributed by atoms with Crippen LogP contribution in [0.5, 0.6) is 0 Å². The highest BCUT2D eigenvalue weighted by Crippen LogP contribution is 2.23.